The summed E-state index contributed by atoms with van der Waals surface area (Å²) >= 11 is 3.29. The van der Waals surface area contributed by atoms with Gasteiger partial charge in [-0.2, -0.15) is 0 Å². The van der Waals surface area contributed by atoms with Crippen molar-refractivity contribution in [3.8, 4) is 0 Å². The predicted molar refractivity (Wildman–Crippen MR) is 103 cm³/mol. The van der Waals surface area contributed by atoms with E-state index in [9.17, 15) is 10.2 Å². The molecule has 1 aromatic carbocycles. The van der Waals surface area contributed by atoms with E-state index in [-0.39, 0.29) is 4.58 Å². The zero-order valence-electron chi connectivity index (χ0n) is 14.4. The Bertz CT molecular complexity index is 455. The number of benzene rings is 1. The third-order valence-corrected chi connectivity index (χ3v) is 5.92. The molecule has 2 N–H and O–H groups in total. The van der Waals surface area contributed by atoms with Gasteiger partial charge in [0.15, 0.2) is 0 Å². The number of nitrogens with zero attached hydrogens (tertiary/aromatic N) is 1. The van der Waals surface area contributed by atoms with Crippen LogP contribution in [0.25, 0.3) is 0 Å². The average molecular weight is 374 g/mol. The average Bonchev–Trinajstić information content (AvgIpc) is 2.60. The maximum Gasteiger partial charge on any atom is 0.121 e. The van der Waals surface area contributed by atoms with E-state index in [0.29, 0.717) is 6.61 Å². The zero-order valence-corrected chi connectivity index (χ0v) is 16.0. The Morgan fingerprint density at radius 1 is 1.12 bits per heavy atom. The molecule has 0 aliphatic heterocycles. The molecule has 0 spiro atoms. The summed E-state index contributed by atoms with van der Waals surface area (Å²) in [5, 5.41) is 24.7. The molecule has 136 valence electrons. The summed E-state index contributed by atoms with van der Waals surface area (Å²) in [6.45, 7) is 4.40. The number of hydrogen-bond donors (Lipinski definition) is 2. The Morgan fingerprint density at radius 2 is 1.75 bits per heavy atom. The van der Waals surface area contributed by atoms with Crippen molar-refractivity contribution in [2.45, 2.75) is 43.3 Å². The van der Waals surface area contributed by atoms with Gasteiger partial charge in [0.1, 0.15) is 25.4 Å². The van der Waals surface area contributed by atoms with Crippen LogP contribution in [-0.4, -0.2) is 57.9 Å². The highest BCUT2D eigenvalue weighted by Gasteiger charge is 2.33. The highest BCUT2D eigenvalue weighted by molar-refractivity contribution is 8.17. The fourth-order valence-corrected chi connectivity index (χ4v) is 4.67. The predicted octanol–water partition coefficient (Wildman–Crippen LogP) is 2.76. The number of aliphatic hydroxyl groups excluding tert-OH is 2. The first-order valence-electron chi connectivity index (χ1n) is 7.95. The maximum atomic E-state index is 10.7. The van der Waals surface area contributed by atoms with Gasteiger partial charge in [-0.3, -0.25) is 0 Å². The monoisotopic (exact) mass is 373 g/mol. The molecule has 0 bridgehead atoms. The van der Waals surface area contributed by atoms with Gasteiger partial charge in [0.05, 0.1) is 17.4 Å². The van der Waals surface area contributed by atoms with Gasteiger partial charge in [0, 0.05) is 0 Å². The van der Waals surface area contributed by atoms with Crippen LogP contribution in [0.3, 0.4) is 0 Å². The first kappa shape index (κ1) is 21.3. The molecule has 7 heteroatoms. The largest absolute Gasteiger partial charge is 0.399 e. The fraction of sp³-hybridized carbons (Fsp3) is 0.588. The van der Waals surface area contributed by atoms with E-state index in [2.05, 4.69) is 9.99 Å². The Morgan fingerprint density at radius 3 is 2.29 bits per heavy atom. The van der Waals surface area contributed by atoms with Crippen molar-refractivity contribution in [3.05, 3.63) is 35.9 Å². The molecule has 0 saturated heterocycles. The minimum absolute atomic E-state index is 0.0774. The zero-order chi connectivity index (χ0) is 17.8. The highest BCUT2D eigenvalue weighted by Crippen LogP contribution is 2.30. The van der Waals surface area contributed by atoms with Crippen molar-refractivity contribution in [1.82, 2.24) is 0 Å². The van der Waals surface area contributed by atoms with Gasteiger partial charge in [0.25, 0.3) is 0 Å². The molecule has 0 heterocycles. The summed E-state index contributed by atoms with van der Waals surface area (Å²) in [7, 11) is 1.40. The van der Waals surface area contributed by atoms with Gasteiger partial charge in [-0.05, 0) is 17.1 Å². The molecule has 24 heavy (non-hydrogen) atoms. The topological polar surface area (TPSA) is 71.3 Å². The SMILES string of the molecule is CCSC(SCC)[C@H](O)[C@H](OCc1ccccc1)[C@H](O)/C=N/OC. The van der Waals surface area contributed by atoms with Gasteiger partial charge < -0.3 is 19.8 Å². The van der Waals surface area contributed by atoms with Crippen LogP contribution in [0.2, 0.25) is 0 Å². The van der Waals surface area contributed by atoms with Gasteiger partial charge >= 0.3 is 0 Å². The lowest BCUT2D eigenvalue weighted by molar-refractivity contribution is -0.0807. The quantitative estimate of drug-likeness (QED) is 0.333. The van der Waals surface area contributed by atoms with Crippen LogP contribution in [0.4, 0.5) is 0 Å². The number of rotatable bonds is 12. The normalized spacial score (nSPS) is 15.6. The molecule has 0 radical (unpaired) electrons. The molecule has 1 rings (SSSR count). The van der Waals surface area contributed by atoms with Crippen molar-refractivity contribution in [2.24, 2.45) is 5.16 Å². The molecule has 0 aromatic heterocycles. The van der Waals surface area contributed by atoms with Crippen LogP contribution in [-0.2, 0) is 16.2 Å². The summed E-state index contributed by atoms with van der Waals surface area (Å²) in [5.41, 5.74) is 0.980. The first-order valence-corrected chi connectivity index (χ1v) is 10.0. The van der Waals surface area contributed by atoms with Crippen molar-refractivity contribution in [1.29, 1.82) is 0 Å². The molecule has 1 aromatic rings. The Labute approximate surface area is 152 Å². The number of hydrogen-bond acceptors (Lipinski definition) is 7. The Balaban J connectivity index is 2.83. The summed E-state index contributed by atoms with van der Waals surface area (Å²) < 4.78 is 5.77. The molecule has 0 aliphatic rings. The second kappa shape index (κ2) is 12.6. The van der Waals surface area contributed by atoms with E-state index in [1.54, 1.807) is 23.5 Å². The number of ether oxygens (including phenoxy) is 1. The Hall–Kier alpha value is -0.730. The van der Waals surface area contributed by atoms with Crippen LogP contribution in [0, 0.1) is 0 Å². The first-order chi connectivity index (χ1) is 11.6. The molecular weight excluding hydrogens is 346 g/mol. The minimum atomic E-state index is -1.05. The molecule has 0 aliphatic carbocycles. The lowest BCUT2D eigenvalue weighted by atomic mass is 10.1. The van der Waals surface area contributed by atoms with Gasteiger partial charge in [-0.15, -0.1) is 23.5 Å². The van der Waals surface area contributed by atoms with E-state index in [1.807, 2.05) is 44.2 Å². The molecule has 0 unspecified atom stereocenters. The van der Waals surface area contributed by atoms with Crippen LogP contribution in [0.5, 0.6) is 0 Å². The second-order valence-corrected chi connectivity index (χ2v) is 8.09. The van der Waals surface area contributed by atoms with Crippen LogP contribution in [0.1, 0.15) is 19.4 Å². The number of aliphatic hydroxyl groups is 2. The smallest absolute Gasteiger partial charge is 0.121 e. The summed E-state index contributed by atoms with van der Waals surface area (Å²) in [6, 6.07) is 9.67. The molecule has 0 amide bonds. The standard InChI is InChI=1S/C17H27NO4S2/c1-4-23-17(24-5-2)15(20)16(14(19)11-18-21-3)22-12-13-9-7-6-8-10-13/h6-11,14-17,19-20H,4-5,12H2,1-3H3/b18-11+/t14-,15-,16-/m1/s1. The highest BCUT2D eigenvalue weighted by atomic mass is 32.2. The molecule has 0 fully saturated rings. The van der Waals surface area contributed by atoms with E-state index >= 15 is 0 Å². The molecular formula is C17H27NO4S2. The second-order valence-electron chi connectivity index (χ2n) is 4.96. The van der Waals surface area contributed by atoms with Crippen LogP contribution in [0.15, 0.2) is 35.5 Å². The number of thioether (sulfide) groups is 2. The fourth-order valence-electron chi connectivity index (χ4n) is 2.10. The van der Waals surface area contributed by atoms with Crippen molar-refractivity contribution in [2.75, 3.05) is 18.6 Å². The molecule has 0 saturated carbocycles. The lowest BCUT2D eigenvalue weighted by Crippen LogP contribution is -2.45. The molecule has 3 atom stereocenters. The van der Waals surface area contributed by atoms with E-state index in [4.69, 9.17) is 4.74 Å². The Kier molecular flexibility index (Phi) is 11.2. The third-order valence-electron chi connectivity index (χ3n) is 3.22. The summed E-state index contributed by atoms with van der Waals surface area (Å²) in [6.07, 6.45) is -1.42. The van der Waals surface area contributed by atoms with Gasteiger partial charge in [-0.25, -0.2) is 0 Å². The van der Waals surface area contributed by atoms with Crippen molar-refractivity contribution < 1.29 is 19.8 Å². The summed E-state index contributed by atoms with van der Waals surface area (Å²) in [5.74, 6) is 1.75. The van der Waals surface area contributed by atoms with Crippen LogP contribution < -0.4 is 0 Å². The number of oxime groups is 1. The summed E-state index contributed by atoms with van der Waals surface area (Å²) in [4.78, 5) is 4.62. The minimum Gasteiger partial charge on any atom is -0.399 e. The van der Waals surface area contributed by atoms with E-state index in [1.165, 1.54) is 13.3 Å². The van der Waals surface area contributed by atoms with E-state index < -0.39 is 18.3 Å². The van der Waals surface area contributed by atoms with E-state index in [0.717, 1.165) is 17.1 Å². The van der Waals surface area contributed by atoms with Crippen molar-refractivity contribution in [3.63, 3.8) is 0 Å². The lowest BCUT2D eigenvalue weighted by Gasteiger charge is -2.30. The maximum absolute atomic E-state index is 10.7. The molecule has 5 nitrogen and oxygen atoms in total. The third kappa shape index (κ3) is 7.44. The van der Waals surface area contributed by atoms with Gasteiger partial charge in [0.2, 0.25) is 0 Å². The van der Waals surface area contributed by atoms with Crippen molar-refractivity contribution >= 4 is 29.7 Å². The van der Waals surface area contributed by atoms with Crippen LogP contribution >= 0.6 is 23.5 Å². The van der Waals surface area contributed by atoms with Gasteiger partial charge in [-0.1, -0.05) is 49.3 Å².